The zero-order valence-corrected chi connectivity index (χ0v) is 5.42. The highest BCUT2D eigenvalue weighted by Gasteiger charge is 1.95. The van der Waals surface area contributed by atoms with Crippen LogP contribution in [0.15, 0.2) is 0 Å². The topological polar surface area (TPSA) is 43.4 Å². The predicted octanol–water partition coefficient (Wildman–Crippen LogP) is 0.181. The van der Waals surface area contributed by atoms with Gasteiger partial charge >= 0.3 is 0 Å². The van der Waals surface area contributed by atoms with Gasteiger partial charge in [-0.15, -0.1) is 0 Å². The van der Waals surface area contributed by atoms with E-state index in [1.807, 2.05) is 6.92 Å². The SMILES string of the molecule is CCOCCC(=O)C=O. The summed E-state index contributed by atoms with van der Waals surface area (Å²) < 4.78 is 4.83. The van der Waals surface area contributed by atoms with Crippen LogP contribution in [0, 0.1) is 0 Å². The lowest BCUT2D eigenvalue weighted by Crippen LogP contribution is -2.04. The van der Waals surface area contributed by atoms with E-state index in [0.717, 1.165) is 0 Å². The van der Waals surface area contributed by atoms with Gasteiger partial charge in [-0.25, -0.2) is 0 Å². The number of rotatable bonds is 5. The Bertz CT molecular complexity index is 98.5. The summed E-state index contributed by atoms with van der Waals surface area (Å²) in [6.07, 6.45) is 0.524. The molecule has 52 valence electrons. The Morgan fingerprint density at radius 2 is 2.33 bits per heavy atom. The average Bonchev–Trinajstić information content (AvgIpc) is 1.89. The lowest BCUT2D eigenvalue weighted by atomic mass is 10.3. The molecule has 0 aliphatic carbocycles. The van der Waals surface area contributed by atoms with Crippen molar-refractivity contribution < 1.29 is 14.3 Å². The quantitative estimate of drug-likeness (QED) is 0.303. The number of Topliss-reactive ketones (excluding diaryl/α,β-unsaturated/α-hetero) is 1. The molecule has 0 fully saturated rings. The second-order valence-corrected chi connectivity index (χ2v) is 1.53. The van der Waals surface area contributed by atoms with Crippen LogP contribution in [0.2, 0.25) is 0 Å². The fourth-order valence-corrected chi connectivity index (χ4v) is 0.376. The van der Waals surface area contributed by atoms with Gasteiger partial charge in [-0.1, -0.05) is 0 Å². The summed E-state index contributed by atoms with van der Waals surface area (Å²) >= 11 is 0. The second-order valence-electron chi connectivity index (χ2n) is 1.53. The van der Waals surface area contributed by atoms with Crippen molar-refractivity contribution in [2.45, 2.75) is 13.3 Å². The molecule has 0 spiro atoms. The summed E-state index contributed by atoms with van der Waals surface area (Å²) in [5.74, 6) is -0.400. The molecule has 0 amide bonds. The first-order valence-electron chi connectivity index (χ1n) is 2.87. The molecule has 0 heterocycles. The molecule has 0 saturated carbocycles. The molecule has 9 heavy (non-hydrogen) atoms. The van der Waals surface area contributed by atoms with Gasteiger partial charge < -0.3 is 4.74 Å². The maximum Gasteiger partial charge on any atom is 0.197 e. The number of ether oxygens (including phenoxy) is 1. The predicted molar refractivity (Wildman–Crippen MR) is 32.2 cm³/mol. The van der Waals surface area contributed by atoms with Crippen LogP contribution in [0.5, 0.6) is 0 Å². The summed E-state index contributed by atoms with van der Waals surface area (Å²) in [4.78, 5) is 19.9. The highest BCUT2D eigenvalue weighted by molar-refractivity contribution is 6.24. The molecule has 3 nitrogen and oxygen atoms in total. The van der Waals surface area contributed by atoms with Crippen molar-refractivity contribution >= 4 is 12.1 Å². The van der Waals surface area contributed by atoms with E-state index in [1.165, 1.54) is 0 Å². The van der Waals surface area contributed by atoms with Crippen molar-refractivity contribution in [2.24, 2.45) is 0 Å². The van der Waals surface area contributed by atoms with E-state index in [-0.39, 0.29) is 6.42 Å². The smallest absolute Gasteiger partial charge is 0.197 e. The summed E-state index contributed by atoms with van der Waals surface area (Å²) in [6, 6.07) is 0. The van der Waals surface area contributed by atoms with Gasteiger partial charge in [0.1, 0.15) is 0 Å². The maximum absolute atomic E-state index is 10.2. The minimum atomic E-state index is -0.400. The summed E-state index contributed by atoms with van der Waals surface area (Å²) in [6.45, 7) is 2.78. The second kappa shape index (κ2) is 5.44. The molecule has 0 radical (unpaired) electrons. The van der Waals surface area contributed by atoms with Crippen molar-refractivity contribution in [3.63, 3.8) is 0 Å². The lowest BCUT2D eigenvalue weighted by Gasteiger charge is -1.94. The van der Waals surface area contributed by atoms with Crippen LogP contribution in [0.25, 0.3) is 0 Å². The van der Waals surface area contributed by atoms with Crippen molar-refractivity contribution in [1.82, 2.24) is 0 Å². The molecule has 0 N–H and O–H groups in total. The number of hydrogen-bond acceptors (Lipinski definition) is 3. The normalized spacial score (nSPS) is 9.00. The third-order valence-corrected chi connectivity index (χ3v) is 0.828. The maximum atomic E-state index is 10.2. The molecule has 0 bridgehead atoms. The first-order chi connectivity index (χ1) is 4.31. The molecule has 0 rings (SSSR count). The van der Waals surface area contributed by atoms with E-state index in [0.29, 0.717) is 19.5 Å². The molecule has 0 aromatic carbocycles. The third kappa shape index (κ3) is 5.17. The number of aldehydes is 1. The minimum absolute atomic E-state index is 0.206. The molecular weight excluding hydrogens is 120 g/mol. The number of hydrogen-bond donors (Lipinski definition) is 0. The minimum Gasteiger partial charge on any atom is -0.381 e. The Morgan fingerprint density at radius 1 is 1.67 bits per heavy atom. The van der Waals surface area contributed by atoms with Gasteiger partial charge in [-0.05, 0) is 6.92 Å². The van der Waals surface area contributed by atoms with Crippen LogP contribution in [0.3, 0.4) is 0 Å². The fourth-order valence-electron chi connectivity index (χ4n) is 0.376. The van der Waals surface area contributed by atoms with Gasteiger partial charge in [-0.2, -0.15) is 0 Å². The van der Waals surface area contributed by atoms with E-state index in [2.05, 4.69) is 0 Å². The Labute approximate surface area is 54.0 Å². The van der Waals surface area contributed by atoms with Crippen LogP contribution in [0.1, 0.15) is 13.3 Å². The zero-order valence-electron chi connectivity index (χ0n) is 5.42. The van der Waals surface area contributed by atoms with E-state index < -0.39 is 5.78 Å². The number of ketones is 1. The van der Waals surface area contributed by atoms with Crippen LogP contribution in [-0.4, -0.2) is 25.3 Å². The van der Waals surface area contributed by atoms with Gasteiger partial charge in [0.25, 0.3) is 0 Å². The lowest BCUT2D eigenvalue weighted by molar-refractivity contribution is -0.130. The van der Waals surface area contributed by atoms with Crippen molar-refractivity contribution in [3.05, 3.63) is 0 Å². The van der Waals surface area contributed by atoms with Crippen LogP contribution >= 0.6 is 0 Å². The van der Waals surface area contributed by atoms with Crippen LogP contribution in [-0.2, 0) is 14.3 Å². The highest BCUT2D eigenvalue weighted by Crippen LogP contribution is 1.81. The van der Waals surface area contributed by atoms with E-state index in [1.54, 1.807) is 0 Å². The van der Waals surface area contributed by atoms with Gasteiger partial charge in [0.2, 0.25) is 0 Å². The summed E-state index contributed by atoms with van der Waals surface area (Å²) in [7, 11) is 0. The van der Waals surface area contributed by atoms with Gasteiger partial charge in [0.15, 0.2) is 12.1 Å². The first-order valence-corrected chi connectivity index (χ1v) is 2.87. The molecular formula is C6H10O3. The fraction of sp³-hybridized carbons (Fsp3) is 0.667. The number of carbonyl (C=O) groups excluding carboxylic acids is 2. The largest absolute Gasteiger partial charge is 0.381 e. The van der Waals surface area contributed by atoms with E-state index >= 15 is 0 Å². The molecule has 3 heteroatoms. The first kappa shape index (κ1) is 8.30. The summed E-state index contributed by atoms with van der Waals surface area (Å²) in [5, 5.41) is 0. The van der Waals surface area contributed by atoms with E-state index in [9.17, 15) is 9.59 Å². The highest BCUT2D eigenvalue weighted by atomic mass is 16.5. The Hall–Kier alpha value is -0.700. The average molecular weight is 130 g/mol. The van der Waals surface area contributed by atoms with Crippen LogP contribution in [0.4, 0.5) is 0 Å². The Morgan fingerprint density at radius 3 is 2.78 bits per heavy atom. The molecule has 0 aliphatic heterocycles. The number of carbonyl (C=O) groups is 2. The molecule has 0 unspecified atom stereocenters. The zero-order chi connectivity index (χ0) is 7.11. The van der Waals surface area contributed by atoms with E-state index in [4.69, 9.17) is 4.74 Å². The monoisotopic (exact) mass is 130 g/mol. The van der Waals surface area contributed by atoms with Gasteiger partial charge in [-0.3, -0.25) is 9.59 Å². The standard InChI is InChI=1S/C6H10O3/c1-2-9-4-3-6(8)5-7/h5H,2-4H2,1H3. The molecule has 0 aliphatic rings. The Kier molecular flexibility index (Phi) is 5.01. The molecule has 0 aromatic rings. The molecule has 0 atom stereocenters. The summed E-state index contributed by atoms with van der Waals surface area (Å²) in [5.41, 5.74) is 0. The van der Waals surface area contributed by atoms with Crippen molar-refractivity contribution in [2.75, 3.05) is 13.2 Å². The van der Waals surface area contributed by atoms with Gasteiger partial charge in [0.05, 0.1) is 6.61 Å². The third-order valence-electron chi connectivity index (χ3n) is 0.828. The van der Waals surface area contributed by atoms with Gasteiger partial charge in [0, 0.05) is 13.0 Å². The molecule has 0 saturated heterocycles. The van der Waals surface area contributed by atoms with Crippen molar-refractivity contribution in [1.29, 1.82) is 0 Å². The Balaban J connectivity index is 3.07. The molecule has 0 aromatic heterocycles. The van der Waals surface area contributed by atoms with Crippen molar-refractivity contribution in [3.8, 4) is 0 Å². The van der Waals surface area contributed by atoms with Crippen LogP contribution < -0.4 is 0 Å².